The number of phenolic OH excluding ortho intramolecular Hbond substituents is 1. The van der Waals surface area contributed by atoms with E-state index in [-0.39, 0.29) is 5.75 Å². The Morgan fingerprint density at radius 2 is 2.06 bits per heavy atom. The van der Waals surface area contributed by atoms with Crippen molar-refractivity contribution in [1.29, 1.82) is 0 Å². The van der Waals surface area contributed by atoms with Crippen LogP contribution in [0.3, 0.4) is 0 Å². The molecule has 0 spiro atoms. The second-order valence-electron chi connectivity index (χ2n) is 3.73. The minimum atomic E-state index is 0.133. The molecule has 0 saturated heterocycles. The number of hydrogen-bond acceptors (Lipinski definition) is 2. The smallest absolute Gasteiger partial charge is 0.139 e. The summed E-state index contributed by atoms with van der Waals surface area (Å²) in [6, 6.07) is 11.4. The fraction of sp³-hybridized carbons (Fsp3) is 0.0769. The number of rotatable bonds is 3. The lowest BCUT2D eigenvalue weighted by atomic mass is 10.2. The van der Waals surface area contributed by atoms with Gasteiger partial charge in [-0.05, 0) is 62.8 Å². The van der Waals surface area contributed by atoms with Crippen molar-refractivity contribution in [3.63, 3.8) is 0 Å². The van der Waals surface area contributed by atoms with Gasteiger partial charge in [0.1, 0.15) is 5.75 Å². The number of anilines is 1. The van der Waals surface area contributed by atoms with E-state index in [4.69, 9.17) is 11.6 Å². The van der Waals surface area contributed by atoms with Crippen LogP contribution in [0.1, 0.15) is 5.56 Å². The largest absolute Gasteiger partial charge is 0.506 e. The van der Waals surface area contributed by atoms with Crippen molar-refractivity contribution in [2.24, 2.45) is 0 Å². The molecule has 2 aromatic carbocycles. The summed E-state index contributed by atoms with van der Waals surface area (Å²) < 4.78 is 2.16. The molecule has 94 valence electrons. The molecular weight excluding hydrogens is 428 g/mol. The average Bonchev–Trinajstić information content (AvgIpc) is 2.33. The molecule has 2 aromatic rings. The summed E-state index contributed by atoms with van der Waals surface area (Å²) in [6.45, 7) is 0.519. The van der Waals surface area contributed by atoms with Gasteiger partial charge in [-0.1, -0.05) is 23.7 Å². The number of phenols is 1. The highest BCUT2D eigenvalue weighted by Crippen LogP contribution is 2.29. The zero-order valence-corrected chi connectivity index (χ0v) is 13.8. The molecular formula is C13H10BrClINO. The van der Waals surface area contributed by atoms with Crippen LogP contribution in [0.2, 0.25) is 5.02 Å². The van der Waals surface area contributed by atoms with Gasteiger partial charge in [0.15, 0.2) is 0 Å². The third kappa shape index (κ3) is 3.30. The van der Waals surface area contributed by atoms with Crippen LogP contribution in [-0.2, 0) is 6.54 Å². The van der Waals surface area contributed by atoms with Crippen LogP contribution in [-0.4, -0.2) is 5.11 Å². The Labute approximate surface area is 133 Å². The summed E-state index contributed by atoms with van der Waals surface area (Å²) >= 11 is 11.6. The Morgan fingerprint density at radius 3 is 2.78 bits per heavy atom. The van der Waals surface area contributed by atoms with E-state index in [0.29, 0.717) is 11.6 Å². The number of aromatic hydroxyl groups is 1. The first kappa shape index (κ1) is 14.0. The standard InChI is InChI=1S/C13H10BrClINO/c14-10-6-9(16)4-5-12(10)17-7-8-2-1-3-11(15)13(8)18/h1-6,17-18H,7H2. The highest BCUT2D eigenvalue weighted by Gasteiger charge is 2.06. The molecule has 0 aliphatic carbocycles. The maximum absolute atomic E-state index is 9.80. The summed E-state index contributed by atoms with van der Waals surface area (Å²) in [7, 11) is 0. The highest BCUT2D eigenvalue weighted by molar-refractivity contribution is 14.1. The first-order valence-corrected chi connectivity index (χ1v) is 7.48. The van der Waals surface area contributed by atoms with E-state index in [9.17, 15) is 5.11 Å². The lowest BCUT2D eigenvalue weighted by Gasteiger charge is -2.10. The maximum Gasteiger partial charge on any atom is 0.139 e. The molecule has 2 nitrogen and oxygen atoms in total. The van der Waals surface area contributed by atoms with Gasteiger partial charge in [-0.3, -0.25) is 0 Å². The van der Waals surface area contributed by atoms with Crippen molar-refractivity contribution < 1.29 is 5.11 Å². The van der Waals surface area contributed by atoms with Crippen LogP contribution in [0, 0.1) is 3.57 Å². The van der Waals surface area contributed by atoms with E-state index >= 15 is 0 Å². The Morgan fingerprint density at radius 1 is 1.28 bits per heavy atom. The van der Waals surface area contributed by atoms with Crippen molar-refractivity contribution in [3.8, 4) is 5.75 Å². The topological polar surface area (TPSA) is 32.3 Å². The van der Waals surface area contributed by atoms with Gasteiger partial charge in [-0.25, -0.2) is 0 Å². The van der Waals surface area contributed by atoms with Crippen molar-refractivity contribution in [2.75, 3.05) is 5.32 Å². The second kappa shape index (κ2) is 6.12. The van der Waals surface area contributed by atoms with Crippen LogP contribution in [0.4, 0.5) is 5.69 Å². The number of nitrogens with one attached hydrogen (secondary N) is 1. The number of para-hydroxylation sites is 1. The molecule has 0 saturated carbocycles. The Hall–Kier alpha value is -0.460. The van der Waals surface area contributed by atoms with Crippen molar-refractivity contribution in [1.82, 2.24) is 0 Å². The van der Waals surface area contributed by atoms with E-state index < -0.39 is 0 Å². The molecule has 0 bridgehead atoms. The first-order chi connectivity index (χ1) is 8.58. The lowest BCUT2D eigenvalue weighted by molar-refractivity contribution is 0.469. The second-order valence-corrected chi connectivity index (χ2v) is 6.23. The molecule has 18 heavy (non-hydrogen) atoms. The predicted octanol–water partition coefficient (Wildman–Crippen LogP) is 5.02. The van der Waals surface area contributed by atoms with Crippen LogP contribution in [0.5, 0.6) is 5.75 Å². The monoisotopic (exact) mass is 437 g/mol. The molecule has 0 heterocycles. The van der Waals surface area contributed by atoms with Crippen LogP contribution in [0.15, 0.2) is 40.9 Å². The van der Waals surface area contributed by atoms with Gasteiger partial charge in [0.2, 0.25) is 0 Å². The third-order valence-electron chi connectivity index (χ3n) is 2.47. The molecule has 0 unspecified atom stereocenters. The highest BCUT2D eigenvalue weighted by atomic mass is 127. The molecule has 2 N–H and O–H groups in total. The van der Waals surface area contributed by atoms with E-state index in [1.807, 2.05) is 30.3 Å². The molecule has 0 atom stereocenters. The van der Waals surface area contributed by atoms with Gasteiger partial charge >= 0.3 is 0 Å². The Kier molecular flexibility index (Phi) is 4.75. The lowest BCUT2D eigenvalue weighted by Crippen LogP contribution is -2.00. The normalized spacial score (nSPS) is 10.4. The van der Waals surface area contributed by atoms with E-state index in [2.05, 4.69) is 43.8 Å². The molecule has 2 rings (SSSR count). The SMILES string of the molecule is Oc1c(Cl)cccc1CNc1ccc(I)cc1Br. The first-order valence-electron chi connectivity index (χ1n) is 5.23. The number of benzene rings is 2. The van der Waals surface area contributed by atoms with Crippen LogP contribution < -0.4 is 5.32 Å². The van der Waals surface area contributed by atoms with Gasteiger partial charge in [0.25, 0.3) is 0 Å². The molecule has 0 amide bonds. The van der Waals surface area contributed by atoms with Crippen molar-refractivity contribution in [2.45, 2.75) is 6.54 Å². The van der Waals surface area contributed by atoms with Gasteiger partial charge in [0.05, 0.1) is 5.02 Å². The van der Waals surface area contributed by atoms with Crippen molar-refractivity contribution in [3.05, 3.63) is 55.0 Å². The summed E-state index contributed by atoms with van der Waals surface area (Å²) in [4.78, 5) is 0. The van der Waals surface area contributed by atoms with Crippen LogP contribution >= 0.6 is 50.1 Å². The van der Waals surface area contributed by atoms with Gasteiger partial charge in [0, 0.05) is 25.8 Å². The average molecular weight is 438 g/mol. The van der Waals surface area contributed by atoms with Crippen LogP contribution in [0.25, 0.3) is 0 Å². The minimum absolute atomic E-state index is 0.133. The molecule has 5 heteroatoms. The molecule has 0 radical (unpaired) electrons. The summed E-state index contributed by atoms with van der Waals surface area (Å²) in [5, 5.41) is 13.4. The van der Waals surface area contributed by atoms with Gasteiger partial charge in [-0.2, -0.15) is 0 Å². The minimum Gasteiger partial charge on any atom is -0.506 e. The van der Waals surface area contributed by atoms with E-state index in [1.165, 1.54) is 0 Å². The Balaban J connectivity index is 2.14. The van der Waals surface area contributed by atoms with E-state index in [0.717, 1.165) is 19.3 Å². The third-order valence-corrected chi connectivity index (χ3v) is 4.10. The zero-order valence-electron chi connectivity index (χ0n) is 9.25. The maximum atomic E-state index is 9.80. The zero-order chi connectivity index (χ0) is 13.1. The Bertz CT molecular complexity index is 577. The molecule has 0 fully saturated rings. The fourth-order valence-electron chi connectivity index (χ4n) is 1.53. The van der Waals surface area contributed by atoms with E-state index in [1.54, 1.807) is 6.07 Å². The van der Waals surface area contributed by atoms with Crippen molar-refractivity contribution >= 4 is 55.8 Å². The fourth-order valence-corrected chi connectivity index (χ4v) is 3.16. The summed E-state index contributed by atoms with van der Waals surface area (Å²) in [5.74, 6) is 0.133. The molecule has 0 aromatic heterocycles. The number of halogens is 3. The summed E-state index contributed by atoms with van der Waals surface area (Å²) in [6.07, 6.45) is 0. The quantitative estimate of drug-likeness (QED) is 0.660. The summed E-state index contributed by atoms with van der Waals surface area (Å²) in [5.41, 5.74) is 1.75. The number of hydrogen-bond donors (Lipinski definition) is 2. The molecule has 0 aliphatic rings. The van der Waals surface area contributed by atoms with Gasteiger partial charge < -0.3 is 10.4 Å². The van der Waals surface area contributed by atoms with Gasteiger partial charge in [-0.15, -0.1) is 0 Å². The molecule has 0 aliphatic heterocycles. The predicted molar refractivity (Wildman–Crippen MR) is 87.3 cm³/mol.